The van der Waals surface area contributed by atoms with Crippen molar-refractivity contribution >= 4 is 15.9 Å². The van der Waals surface area contributed by atoms with E-state index in [1.807, 2.05) is 0 Å². The van der Waals surface area contributed by atoms with E-state index in [9.17, 15) is 30.8 Å². The molecule has 1 aromatic heterocycles. The number of hydrogen-bond acceptors (Lipinski definition) is 6. The second kappa shape index (κ2) is 6.56. The Morgan fingerprint density at radius 1 is 1.33 bits per heavy atom. The molecule has 0 aliphatic carbocycles. The third-order valence-corrected chi connectivity index (χ3v) is 5.90. The number of carbonyl (C=O) groups excluding carboxylic acids is 1. The van der Waals surface area contributed by atoms with Crippen LogP contribution in [0.4, 0.5) is 17.6 Å². The second-order valence-electron chi connectivity index (χ2n) is 5.73. The summed E-state index contributed by atoms with van der Waals surface area (Å²) in [6.07, 6.45) is -4.44. The van der Waals surface area contributed by atoms with Crippen molar-refractivity contribution in [3.63, 3.8) is 0 Å². The number of amides is 1. The van der Waals surface area contributed by atoms with E-state index in [0.29, 0.717) is 12.5 Å². The number of aromatic nitrogens is 2. The van der Waals surface area contributed by atoms with Crippen LogP contribution in [-0.4, -0.2) is 35.3 Å². The molecule has 2 aromatic rings. The van der Waals surface area contributed by atoms with Gasteiger partial charge in [0, 0.05) is 6.54 Å². The number of halogens is 4. The average Bonchev–Trinajstić information content (AvgIpc) is 3.23. The second-order valence-corrected chi connectivity index (χ2v) is 7.62. The summed E-state index contributed by atoms with van der Waals surface area (Å²) < 4.78 is 83.5. The van der Waals surface area contributed by atoms with Gasteiger partial charge in [-0.3, -0.25) is 4.79 Å². The zero-order valence-electron chi connectivity index (χ0n) is 13.4. The van der Waals surface area contributed by atoms with Crippen molar-refractivity contribution in [1.82, 2.24) is 14.4 Å². The Morgan fingerprint density at radius 2 is 2.04 bits per heavy atom. The number of nitrogens with two attached hydrogens (primary N) is 1. The van der Waals surface area contributed by atoms with Crippen LogP contribution < -0.4 is 5.73 Å². The van der Waals surface area contributed by atoms with E-state index in [1.54, 1.807) is 0 Å². The minimum atomic E-state index is -5.05. The lowest BCUT2D eigenvalue weighted by atomic mass is 10.2. The molecular formula is C14H12F4N4O4S. The van der Waals surface area contributed by atoms with Gasteiger partial charge in [0.2, 0.25) is 15.9 Å². The lowest BCUT2D eigenvalue weighted by Crippen LogP contribution is -2.31. The Balaban J connectivity index is 1.99. The molecule has 3 rings (SSSR count). The normalized spacial score (nSPS) is 18.7. The lowest BCUT2D eigenvalue weighted by molar-refractivity contribution is -0.140. The molecule has 8 nitrogen and oxygen atoms in total. The summed E-state index contributed by atoms with van der Waals surface area (Å²) >= 11 is 0. The van der Waals surface area contributed by atoms with Crippen molar-refractivity contribution in [2.45, 2.75) is 30.0 Å². The van der Waals surface area contributed by atoms with Gasteiger partial charge in [-0.2, -0.15) is 22.5 Å². The molecule has 0 spiro atoms. The summed E-state index contributed by atoms with van der Waals surface area (Å²) in [6.45, 7) is -0.0278. The van der Waals surface area contributed by atoms with Crippen LogP contribution in [0.15, 0.2) is 27.6 Å². The number of sulfonamides is 1. The van der Waals surface area contributed by atoms with Crippen LogP contribution in [0.1, 0.15) is 41.0 Å². The predicted molar refractivity (Wildman–Crippen MR) is 80.1 cm³/mol. The van der Waals surface area contributed by atoms with Gasteiger partial charge in [-0.05, 0) is 31.0 Å². The molecule has 2 N–H and O–H groups in total. The van der Waals surface area contributed by atoms with Gasteiger partial charge >= 0.3 is 6.18 Å². The van der Waals surface area contributed by atoms with E-state index >= 15 is 0 Å². The Kier molecular flexibility index (Phi) is 4.67. The van der Waals surface area contributed by atoms with Crippen LogP contribution in [0, 0.1) is 5.82 Å². The zero-order valence-corrected chi connectivity index (χ0v) is 14.2. The van der Waals surface area contributed by atoms with Crippen molar-refractivity contribution in [2.75, 3.05) is 6.54 Å². The average molecular weight is 408 g/mol. The monoisotopic (exact) mass is 408 g/mol. The maximum atomic E-state index is 13.4. The van der Waals surface area contributed by atoms with E-state index in [4.69, 9.17) is 10.3 Å². The van der Waals surface area contributed by atoms with Crippen LogP contribution in [0.2, 0.25) is 0 Å². The van der Waals surface area contributed by atoms with Crippen molar-refractivity contribution in [2.24, 2.45) is 5.73 Å². The maximum absolute atomic E-state index is 13.4. The summed E-state index contributed by atoms with van der Waals surface area (Å²) in [5.74, 6) is -3.22. The molecular weight excluding hydrogens is 396 g/mol. The predicted octanol–water partition coefficient (Wildman–Crippen LogP) is 1.85. The molecule has 146 valence electrons. The van der Waals surface area contributed by atoms with E-state index < -0.39 is 50.2 Å². The zero-order chi connectivity index (χ0) is 20.0. The first-order valence-corrected chi connectivity index (χ1v) is 8.98. The quantitative estimate of drug-likeness (QED) is 0.771. The van der Waals surface area contributed by atoms with Crippen LogP contribution >= 0.6 is 0 Å². The summed E-state index contributed by atoms with van der Waals surface area (Å²) in [7, 11) is -4.42. The Morgan fingerprint density at radius 3 is 2.63 bits per heavy atom. The van der Waals surface area contributed by atoms with Crippen molar-refractivity contribution < 1.29 is 35.3 Å². The maximum Gasteiger partial charge on any atom is 0.419 e. The highest BCUT2D eigenvalue weighted by atomic mass is 32.2. The third kappa shape index (κ3) is 3.51. The summed E-state index contributed by atoms with van der Waals surface area (Å²) in [6, 6.07) is 0.453. The molecule has 1 aliphatic heterocycles. The lowest BCUT2D eigenvalue weighted by Gasteiger charge is -2.22. The molecule has 27 heavy (non-hydrogen) atoms. The fraction of sp³-hybridized carbons (Fsp3) is 0.357. The molecule has 0 bridgehead atoms. The number of primary amides is 1. The number of nitrogens with zero attached hydrogens (tertiary/aromatic N) is 3. The highest BCUT2D eigenvalue weighted by Gasteiger charge is 2.41. The molecule has 1 atom stereocenters. The molecule has 1 fully saturated rings. The fourth-order valence-electron chi connectivity index (χ4n) is 2.76. The molecule has 0 saturated carbocycles. The van der Waals surface area contributed by atoms with Crippen LogP contribution in [0.3, 0.4) is 0 Å². The summed E-state index contributed by atoms with van der Waals surface area (Å²) in [5.41, 5.74) is 3.32. The smallest absolute Gasteiger partial charge is 0.363 e. The van der Waals surface area contributed by atoms with Gasteiger partial charge in [0.05, 0.1) is 10.5 Å². The molecule has 1 amide bonds. The molecule has 13 heteroatoms. The molecule has 1 saturated heterocycles. The van der Waals surface area contributed by atoms with Crippen molar-refractivity contribution in [3.8, 4) is 0 Å². The van der Waals surface area contributed by atoms with Crippen LogP contribution in [0.5, 0.6) is 0 Å². The standard InChI is InChI=1S/C14H12F4N4O4S/c15-9-4-3-7(6-8(9)14(16,17)18)27(24,25)22-5-1-2-10(22)13-20-12(11(19)23)21-26-13/h3-4,6,10H,1-2,5H2,(H2,19,23)/t10-/m1/s1. The number of benzene rings is 1. The Labute approximate surface area is 150 Å². The minimum absolute atomic E-state index is 0.0278. The first-order valence-electron chi connectivity index (χ1n) is 7.54. The molecule has 0 unspecified atom stereocenters. The number of carbonyl (C=O) groups is 1. The topological polar surface area (TPSA) is 119 Å². The number of rotatable bonds is 4. The van der Waals surface area contributed by atoms with Gasteiger partial charge in [-0.15, -0.1) is 0 Å². The van der Waals surface area contributed by atoms with E-state index in [0.717, 1.165) is 10.4 Å². The van der Waals surface area contributed by atoms with Gasteiger partial charge in [-0.25, -0.2) is 12.8 Å². The van der Waals surface area contributed by atoms with E-state index in [-0.39, 0.29) is 24.9 Å². The van der Waals surface area contributed by atoms with Crippen LogP contribution in [-0.2, 0) is 16.2 Å². The SMILES string of the molecule is NC(=O)c1noc([C@H]2CCCN2S(=O)(=O)c2ccc(F)c(C(F)(F)F)c2)n1. The van der Waals surface area contributed by atoms with E-state index in [1.165, 1.54) is 0 Å². The van der Waals surface area contributed by atoms with Crippen molar-refractivity contribution in [1.29, 1.82) is 0 Å². The minimum Gasteiger partial charge on any atom is -0.363 e. The summed E-state index contributed by atoms with van der Waals surface area (Å²) in [5, 5.41) is 3.33. The Hall–Kier alpha value is -2.54. The van der Waals surface area contributed by atoms with Gasteiger partial charge in [0.15, 0.2) is 0 Å². The first-order chi connectivity index (χ1) is 12.5. The van der Waals surface area contributed by atoms with Gasteiger partial charge in [-0.1, -0.05) is 5.16 Å². The highest BCUT2D eigenvalue weighted by Crippen LogP contribution is 2.38. The van der Waals surface area contributed by atoms with Gasteiger partial charge in [0.25, 0.3) is 11.7 Å². The van der Waals surface area contributed by atoms with Crippen LogP contribution in [0.25, 0.3) is 0 Å². The molecule has 0 radical (unpaired) electrons. The first kappa shape index (κ1) is 19.2. The van der Waals surface area contributed by atoms with Crippen molar-refractivity contribution in [3.05, 3.63) is 41.3 Å². The van der Waals surface area contributed by atoms with Gasteiger partial charge in [0.1, 0.15) is 11.9 Å². The fourth-order valence-corrected chi connectivity index (χ4v) is 4.44. The molecule has 2 heterocycles. The number of alkyl halides is 3. The molecule has 1 aromatic carbocycles. The highest BCUT2D eigenvalue weighted by molar-refractivity contribution is 7.89. The largest absolute Gasteiger partial charge is 0.419 e. The summed E-state index contributed by atoms with van der Waals surface area (Å²) in [4.78, 5) is 14.1. The third-order valence-electron chi connectivity index (χ3n) is 4.00. The number of hydrogen-bond donors (Lipinski definition) is 1. The Bertz CT molecular complexity index is 989. The van der Waals surface area contributed by atoms with E-state index in [2.05, 4.69) is 10.1 Å². The molecule has 1 aliphatic rings. The van der Waals surface area contributed by atoms with Gasteiger partial charge < -0.3 is 10.3 Å².